The molecule has 0 radical (unpaired) electrons. The molecule has 0 aromatic carbocycles. The number of rotatable bonds is 2. The Hall–Kier alpha value is -2.24. The number of H-pyrrole nitrogens is 1. The second-order valence-corrected chi connectivity index (χ2v) is 4.72. The maximum Gasteiger partial charge on any atom is 0.258 e. The van der Waals surface area contributed by atoms with Gasteiger partial charge in [-0.2, -0.15) is 4.98 Å². The molecule has 2 N–H and O–H groups in total. The van der Waals surface area contributed by atoms with E-state index in [9.17, 15) is 9.90 Å². The minimum atomic E-state index is -0.278. The minimum absolute atomic E-state index is 0.118. The van der Waals surface area contributed by atoms with Gasteiger partial charge in [-0.3, -0.25) is 9.78 Å². The lowest BCUT2D eigenvalue weighted by Crippen LogP contribution is -2.17. The summed E-state index contributed by atoms with van der Waals surface area (Å²) in [7, 11) is 0. The first-order valence-corrected chi connectivity index (χ1v) is 6.35. The van der Waals surface area contributed by atoms with E-state index < -0.39 is 0 Å². The van der Waals surface area contributed by atoms with E-state index in [0.717, 1.165) is 25.7 Å². The van der Waals surface area contributed by atoms with Crippen molar-refractivity contribution in [2.45, 2.75) is 31.6 Å². The molecule has 6 nitrogen and oxygen atoms in total. The number of hydrogen-bond donors (Lipinski definition) is 2. The van der Waals surface area contributed by atoms with Gasteiger partial charge in [0.1, 0.15) is 5.69 Å². The highest BCUT2D eigenvalue weighted by molar-refractivity contribution is 5.48. The average molecular weight is 258 g/mol. The predicted molar refractivity (Wildman–Crippen MR) is 68.8 cm³/mol. The van der Waals surface area contributed by atoms with E-state index in [-0.39, 0.29) is 23.2 Å². The molecule has 6 heteroatoms. The third-order valence-corrected chi connectivity index (χ3v) is 3.50. The third-order valence-electron chi connectivity index (χ3n) is 3.50. The molecule has 19 heavy (non-hydrogen) atoms. The van der Waals surface area contributed by atoms with Gasteiger partial charge < -0.3 is 10.1 Å². The second kappa shape index (κ2) is 4.79. The molecule has 98 valence electrons. The quantitative estimate of drug-likeness (QED) is 0.853. The van der Waals surface area contributed by atoms with Crippen molar-refractivity contribution in [2.24, 2.45) is 0 Å². The van der Waals surface area contributed by atoms with E-state index in [1.165, 1.54) is 18.6 Å². The highest BCUT2D eigenvalue weighted by atomic mass is 16.3. The van der Waals surface area contributed by atoms with Crippen LogP contribution in [0.3, 0.4) is 0 Å². The fraction of sp³-hybridized carbons (Fsp3) is 0.385. The molecular formula is C13H14N4O2. The molecule has 2 aromatic heterocycles. The molecule has 0 bridgehead atoms. The summed E-state index contributed by atoms with van der Waals surface area (Å²) in [6.45, 7) is 0. The van der Waals surface area contributed by atoms with Crippen LogP contribution < -0.4 is 5.56 Å². The Morgan fingerprint density at radius 2 is 2.05 bits per heavy atom. The van der Waals surface area contributed by atoms with E-state index in [0.29, 0.717) is 11.3 Å². The first-order valence-electron chi connectivity index (χ1n) is 6.35. The maximum absolute atomic E-state index is 12.1. The van der Waals surface area contributed by atoms with Gasteiger partial charge in [-0.15, -0.1) is 0 Å². The molecule has 1 aliphatic rings. The lowest BCUT2D eigenvalue weighted by Gasteiger charge is -2.10. The van der Waals surface area contributed by atoms with Crippen molar-refractivity contribution in [1.82, 2.24) is 19.9 Å². The summed E-state index contributed by atoms with van der Waals surface area (Å²) >= 11 is 0. The standard InChI is InChI=1S/C13H14N4O2/c18-12-10(8-3-1-2-4-8)13(19)17-11(16-12)9-7-14-5-6-15-9/h5-8H,1-4H2,(H2,16,17,18,19). The van der Waals surface area contributed by atoms with Gasteiger partial charge in [0, 0.05) is 12.4 Å². The maximum atomic E-state index is 12.1. The van der Waals surface area contributed by atoms with Crippen molar-refractivity contribution in [3.63, 3.8) is 0 Å². The van der Waals surface area contributed by atoms with Crippen LogP contribution in [0.2, 0.25) is 0 Å². The number of nitrogens with one attached hydrogen (secondary N) is 1. The summed E-state index contributed by atoms with van der Waals surface area (Å²) in [6.07, 6.45) is 8.59. The van der Waals surface area contributed by atoms with E-state index >= 15 is 0 Å². The van der Waals surface area contributed by atoms with Gasteiger partial charge in [0.15, 0.2) is 5.82 Å². The Labute approximate surface area is 109 Å². The third kappa shape index (κ3) is 2.21. The van der Waals surface area contributed by atoms with Crippen LogP contribution in [-0.2, 0) is 0 Å². The first-order chi connectivity index (χ1) is 9.25. The summed E-state index contributed by atoms with van der Waals surface area (Å²) in [6, 6.07) is 0. The Kier molecular flexibility index (Phi) is 2.98. The fourth-order valence-electron chi connectivity index (χ4n) is 2.60. The summed E-state index contributed by atoms with van der Waals surface area (Å²) in [5.74, 6) is 0.181. The predicted octanol–water partition coefficient (Wildman–Crippen LogP) is 1.59. The number of aromatic amines is 1. The lowest BCUT2D eigenvalue weighted by atomic mass is 10.00. The highest BCUT2D eigenvalue weighted by Gasteiger charge is 2.24. The molecule has 0 amide bonds. The Balaban J connectivity index is 2.05. The van der Waals surface area contributed by atoms with Crippen LogP contribution in [-0.4, -0.2) is 25.0 Å². The van der Waals surface area contributed by atoms with Crippen molar-refractivity contribution in [3.8, 4) is 17.4 Å². The number of aromatic nitrogens is 4. The minimum Gasteiger partial charge on any atom is -0.493 e. The van der Waals surface area contributed by atoms with E-state index in [2.05, 4.69) is 19.9 Å². The lowest BCUT2D eigenvalue weighted by molar-refractivity contribution is 0.436. The summed E-state index contributed by atoms with van der Waals surface area (Å²) in [5.41, 5.74) is 0.568. The highest BCUT2D eigenvalue weighted by Crippen LogP contribution is 2.35. The molecule has 0 spiro atoms. The summed E-state index contributed by atoms with van der Waals surface area (Å²) in [4.78, 5) is 26.8. The van der Waals surface area contributed by atoms with Crippen molar-refractivity contribution in [1.29, 1.82) is 0 Å². The molecule has 3 rings (SSSR count). The van der Waals surface area contributed by atoms with Crippen molar-refractivity contribution in [3.05, 3.63) is 34.5 Å². The molecule has 0 saturated heterocycles. The summed E-state index contributed by atoms with van der Waals surface area (Å²) in [5, 5.41) is 10.0. The SMILES string of the molecule is O=c1[nH]c(-c2cnccn2)nc(O)c1C1CCCC1. The molecule has 2 heterocycles. The van der Waals surface area contributed by atoms with Crippen LogP contribution >= 0.6 is 0 Å². The Bertz CT molecular complexity index is 633. The molecular weight excluding hydrogens is 244 g/mol. The number of hydrogen-bond acceptors (Lipinski definition) is 5. The molecule has 0 aliphatic heterocycles. The van der Waals surface area contributed by atoms with E-state index in [1.54, 1.807) is 0 Å². The van der Waals surface area contributed by atoms with Gasteiger partial charge in [-0.1, -0.05) is 12.8 Å². The van der Waals surface area contributed by atoms with E-state index in [4.69, 9.17) is 0 Å². The monoisotopic (exact) mass is 258 g/mol. The van der Waals surface area contributed by atoms with Gasteiger partial charge in [-0.05, 0) is 18.8 Å². The first kappa shape index (κ1) is 11.8. The number of aromatic hydroxyl groups is 1. The van der Waals surface area contributed by atoms with Gasteiger partial charge in [-0.25, -0.2) is 4.98 Å². The Morgan fingerprint density at radius 3 is 2.68 bits per heavy atom. The fourth-order valence-corrected chi connectivity index (χ4v) is 2.60. The molecule has 1 aliphatic carbocycles. The van der Waals surface area contributed by atoms with Crippen molar-refractivity contribution in [2.75, 3.05) is 0 Å². The second-order valence-electron chi connectivity index (χ2n) is 4.72. The van der Waals surface area contributed by atoms with Gasteiger partial charge in [0.2, 0.25) is 5.88 Å². The van der Waals surface area contributed by atoms with Crippen LogP contribution in [0.25, 0.3) is 11.5 Å². The zero-order chi connectivity index (χ0) is 13.2. The molecule has 0 unspecified atom stereocenters. The van der Waals surface area contributed by atoms with Crippen LogP contribution in [0.5, 0.6) is 5.88 Å². The van der Waals surface area contributed by atoms with Gasteiger partial charge in [0.05, 0.1) is 11.8 Å². The molecule has 1 saturated carbocycles. The van der Waals surface area contributed by atoms with Gasteiger partial charge in [0.25, 0.3) is 5.56 Å². The zero-order valence-corrected chi connectivity index (χ0v) is 10.3. The topological polar surface area (TPSA) is 91.8 Å². The normalized spacial score (nSPS) is 15.8. The van der Waals surface area contributed by atoms with E-state index in [1.807, 2.05) is 0 Å². The van der Waals surface area contributed by atoms with Crippen LogP contribution in [0, 0.1) is 0 Å². The number of nitrogens with zero attached hydrogens (tertiary/aromatic N) is 3. The van der Waals surface area contributed by atoms with Gasteiger partial charge >= 0.3 is 0 Å². The summed E-state index contributed by atoms with van der Waals surface area (Å²) < 4.78 is 0. The molecule has 2 aromatic rings. The largest absolute Gasteiger partial charge is 0.493 e. The Morgan fingerprint density at radius 1 is 1.26 bits per heavy atom. The van der Waals surface area contributed by atoms with Crippen LogP contribution in [0.1, 0.15) is 37.2 Å². The molecule has 1 fully saturated rings. The van der Waals surface area contributed by atoms with Crippen LogP contribution in [0.15, 0.2) is 23.4 Å². The van der Waals surface area contributed by atoms with Crippen LogP contribution in [0.4, 0.5) is 0 Å². The zero-order valence-electron chi connectivity index (χ0n) is 10.3. The average Bonchev–Trinajstić information content (AvgIpc) is 2.93. The molecule has 0 atom stereocenters. The smallest absolute Gasteiger partial charge is 0.258 e. The van der Waals surface area contributed by atoms with Crippen molar-refractivity contribution < 1.29 is 5.11 Å². The van der Waals surface area contributed by atoms with Crippen molar-refractivity contribution >= 4 is 0 Å².